The quantitative estimate of drug-likeness (QED) is 0.760. The summed E-state index contributed by atoms with van der Waals surface area (Å²) in [7, 11) is 0. The number of benzene rings is 1. The molecule has 30 heavy (non-hydrogen) atoms. The van der Waals surface area contributed by atoms with E-state index in [4.69, 9.17) is 4.74 Å². The minimum absolute atomic E-state index is 0.0370. The van der Waals surface area contributed by atoms with E-state index < -0.39 is 0 Å². The second-order valence-corrected chi connectivity index (χ2v) is 8.20. The highest BCUT2D eigenvalue weighted by molar-refractivity contribution is 5.97. The molecule has 1 aromatic carbocycles. The zero-order valence-corrected chi connectivity index (χ0v) is 17.5. The van der Waals surface area contributed by atoms with Gasteiger partial charge in [0.2, 0.25) is 0 Å². The zero-order chi connectivity index (χ0) is 20.9. The van der Waals surface area contributed by atoms with Crippen LogP contribution in [-0.4, -0.2) is 59.4 Å². The van der Waals surface area contributed by atoms with Crippen molar-refractivity contribution >= 4 is 11.8 Å². The highest BCUT2D eigenvalue weighted by Crippen LogP contribution is 2.25. The highest BCUT2D eigenvalue weighted by Gasteiger charge is 2.27. The van der Waals surface area contributed by atoms with E-state index in [-0.39, 0.29) is 17.7 Å². The Morgan fingerprint density at radius 1 is 0.967 bits per heavy atom. The minimum atomic E-state index is 0.0370. The van der Waals surface area contributed by atoms with Crippen LogP contribution in [0, 0.1) is 12.8 Å². The number of hydrogen-bond donors (Lipinski definition) is 0. The SMILES string of the molecule is Cc1ncccc1C(=O)N1CCCC(COc2ccccc2C(=O)N2CCCC2)C1. The maximum atomic E-state index is 12.9. The fraction of sp³-hybridized carbons (Fsp3) is 0.458. The predicted octanol–water partition coefficient (Wildman–Crippen LogP) is 3.56. The second kappa shape index (κ2) is 9.28. The number of likely N-dealkylation sites (tertiary alicyclic amines) is 2. The van der Waals surface area contributed by atoms with Gasteiger partial charge in [-0.05, 0) is 56.9 Å². The number of amides is 2. The van der Waals surface area contributed by atoms with E-state index in [2.05, 4.69) is 4.98 Å². The number of piperidine rings is 1. The van der Waals surface area contributed by atoms with Crippen molar-refractivity contribution < 1.29 is 14.3 Å². The average Bonchev–Trinajstić information content (AvgIpc) is 3.32. The molecular formula is C24H29N3O3. The van der Waals surface area contributed by atoms with E-state index in [9.17, 15) is 9.59 Å². The third-order valence-corrected chi connectivity index (χ3v) is 6.03. The van der Waals surface area contributed by atoms with Crippen LogP contribution in [0.2, 0.25) is 0 Å². The Balaban J connectivity index is 1.39. The molecule has 2 amide bonds. The first-order valence-electron chi connectivity index (χ1n) is 10.9. The summed E-state index contributed by atoms with van der Waals surface area (Å²) in [5.41, 5.74) is 2.06. The van der Waals surface area contributed by atoms with Gasteiger partial charge in [-0.2, -0.15) is 0 Å². The second-order valence-electron chi connectivity index (χ2n) is 8.20. The van der Waals surface area contributed by atoms with Gasteiger partial charge in [-0.1, -0.05) is 12.1 Å². The van der Waals surface area contributed by atoms with Crippen molar-refractivity contribution in [1.82, 2.24) is 14.8 Å². The minimum Gasteiger partial charge on any atom is -0.492 e. The summed E-state index contributed by atoms with van der Waals surface area (Å²) < 4.78 is 6.12. The van der Waals surface area contributed by atoms with E-state index in [1.807, 2.05) is 47.1 Å². The van der Waals surface area contributed by atoms with Gasteiger partial charge in [0.25, 0.3) is 11.8 Å². The molecule has 0 N–H and O–H groups in total. The number of aromatic nitrogens is 1. The summed E-state index contributed by atoms with van der Waals surface area (Å²) in [6.07, 6.45) is 5.81. The topological polar surface area (TPSA) is 62.7 Å². The van der Waals surface area contributed by atoms with Crippen LogP contribution in [0.4, 0.5) is 0 Å². The first-order chi connectivity index (χ1) is 14.6. The van der Waals surface area contributed by atoms with Gasteiger partial charge in [-0.15, -0.1) is 0 Å². The molecule has 0 aliphatic carbocycles. The Kier molecular flexibility index (Phi) is 6.31. The number of aryl methyl sites for hydroxylation is 1. The Morgan fingerprint density at radius 2 is 1.67 bits per heavy atom. The number of pyridine rings is 1. The normalized spacial score (nSPS) is 19.0. The van der Waals surface area contributed by atoms with E-state index in [0.717, 1.165) is 51.0 Å². The van der Waals surface area contributed by atoms with Crippen molar-refractivity contribution in [3.63, 3.8) is 0 Å². The van der Waals surface area contributed by atoms with Crippen molar-refractivity contribution in [1.29, 1.82) is 0 Å². The van der Waals surface area contributed by atoms with Crippen LogP contribution in [0.15, 0.2) is 42.6 Å². The van der Waals surface area contributed by atoms with E-state index in [1.54, 1.807) is 12.3 Å². The van der Waals surface area contributed by atoms with Crippen LogP contribution in [0.25, 0.3) is 0 Å². The predicted molar refractivity (Wildman–Crippen MR) is 115 cm³/mol. The van der Waals surface area contributed by atoms with Crippen molar-refractivity contribution in [2.45, 2.75) is 32.6 Å². The monoisotopic (exact) mass is 407 g/mol. The van der Waals surface area contributed by atoms with Crippen LogP contribution in [-0.2, 0) is 0 Å². The summed E-state index contributed by atoms with van der Waals surface area (Å²) in [5.74, 6) is 0.973. The molecule has 2 aliphatic rings. The first-order valence-corrected chi connectivity index (χ1v) is 10.9. The van der Waals surface area contributed by atoms with E-state index in [0.29, 0.717) is 30.0 Å². The number of carbonyl (C=O) groups excluding carboxylic acids is 2. The van der Waals surface area contributed by atoms with Crippen LogP contribution in [0.3, 0.4) is 0 Å². The molecule has 2 aromatic rings. The molecule has 6 nitrogen and oxygen atoms in total. The molecule has 2 aliphatic heterocycles. The lowest BCUT2D eigenvalue weighted by atomic mass is 9.98. The summed E-state index contributed by atoms with van der Waals surface area (Å²) in [6.45, 7) is 5.43. The van der Waals surface area contributed by atoms with Gasteiger partial charge in [-0.3, -0.25) is 14.6 Å². The molecule has 3 heterocycles. The summed E-state index contributed by atoms with van der Waals surface area (Å²) in [5, 5.41) is 0. The number of rotatable bonds is 5. The third kappa shape index (κ3) is 4.48. The van der Waals surface area contributed by atoms with Crippen molar-refractivity contribution in [3.8, 4) is 5.75 Å². The number of hydrogen-bond acceptors (Lipinski definition) is 4. The number of nitrogens with zero attached hydrogens (tertiary/aromatic N) is 3. The molecular weight excluding hydrogens is 378 g/mol. The summed E-state index contributed by atoms with van der Waals surface area (Å²) >= 11 is 0. The Bertz CT molecular complexity index is 908. The standard InChI is InChI=1S/C24H29N3O3/c1-18-20(10-6-12-25-18)23(28)27-15-7-8-19(16-27)17-30-22-11-3-2-9-21(22)24(29)26-13-4-5-14-26/h2-3,6,9-12,19H,4-5,7-8,13-17H2,1H3. The Morgan fingerprint density at radius 3 is 2.47 bits per heavy atom. The molecule has 1 atom stereocenters. The van der Waals surface area contributed by atoms with Crippen LogP contribution >= 0.6 is 0 Å². The van der Waals surface area contributed by atoms with Crippen molar-refractivity contribution in [2.24, 2.45) is 5.92 Å². The lowest BCUT2D eigenvalue weighted by Crippen LogP contribution is -2.42. The Labute approximate surface area is 177 Å². The van der Waals surface area contributed by atoms with Crippen LogP contribution < -0.4 is 4.74 Å². The summed E-state index contributed by atoms with van der Waals surface area (Å²) in [4.78, 5) is 33.8. The van der Waals surface area contributed by atoms with Crippen molar-refractivity contribution in [3.05, 3.63) is 59.4 Å². The number of ether oxygens (including phenoxy) is 1. The fourth-order valence-corrected chi connectivity index (χ4v) is 4.33. The number of carbonyl (C=O) groups is 2. The molecule has 2 saturated heterocycles. The average molecular weight is 408 g/mol. The van der Waals surface area contributed by atoms with Gasteiger partial charge < -0.3 is 14.5 Å². The lowest BCUT2D eigenvalue weighted by molar-refractivity contribution is 0.0631. The van der Waals surface area contributed by atoms with Gasteiger partial charge in [0.15, 0.2) is 0 Å². The zero-order valence-electron chi connectivity index (χ0n) is 17.5. The van der Waals surface area contributed by atoms with E-state index in [1.165, 1.54) is 0 Å². The van der Waals surface area contributed by atoms with E-state index >= 15 is 0 Å². The number of para-hydroxylation sites is 1. The molecule has 4 rings (SSSR count). The van der Waals surface area contributed by atoms with Crippen molar-refractivity contribution in [2.75, 3.05) is 32.8 Å². The molecule has 1 aromatic heterocycles. The molecule has 1 unspecified atom stereocenters. The largest absolute Gasteiger partial charge is 0.492 e. The van der Waals surface area contributed by atoms with Gasteiger partial charge in [0.05, 0.1) is 17.7 Å². The molecule has 0 spiro atoms. The first kappa shape index (κ1) is 20.4. The molecule has 0 radical (unpaired) electrons. The molecule has 0 bridgehead atoms. The maximum Gasteiger partial charge on any atom is 0.257 e. The lowest BCUT2D eigenvalue weighted by Gasteiger charge is -2.33. The van der Waals surface area contributed by atoms with Crippen LogP contribution in [0.1, 0.15) is 52.1 Å². The van der Waals surface area contributed by atoms with Gasteiger partial charge in [0, 0.05) is 44.0 Å². The highest BCUT2D eigenvalue weighted by atomic mass is 16.5. The third-order valence-electron chi connectivity index (χ3n) is 6.03. The smallest absolute Gasteiger partial charge is 0.257 e. The molecule has 0 saturated carbocycles. The van der Waals surface area contributed by atoms with Gasteiger partial charge in [0.1, 0.15) is 5.75 Å². The van der Waals surface area contributed by atoms with Crippen LogP contribution in [0.5, 0.6) is 5.75 Å². The van der Waals surface area contributed by atoms with Gasteiger partial charge in [-0.25, -0.2) is 0 Å². The molecule has 6 heteroatoms. The molecule has 2 fully saturated rings. The fourth-order valence-electron chi connectivity index (χ4n) is 4.33. The maximum absolute atomic E-state index is 12.9. The summed E-state index contributed by atoms with van der Waals surface area (Å²) in [6, 6.07) is 11.1. The molecule has 158 valence electrons. The van der Waals surface area contributed by atoms with Gasteiger partial charge >= 0.3 is 0 Å². The Hall–Kier alpha value is -2.89.